The van der Waals surface area contributed by atoms with Gasteiger partial charge in [-0.1, -0.05) is 67.9 Å². The third-order valence-electron chi connectivity index (χ3n) is 6.33. The molecule has 0 N–H and O–H groups in total. The standard InChI is InChI=1S/C31H30F4O2/c1-2-3-20-36-27-15-7-22(8-16-27)4-5-24-11-19-29-26(21-24)14-13-25(30(29)32)12-6-23-9-17-28(18-10-23)37-31(33,34)35/h7-11,13-19,21H,2-6,12,20H2,1H3. The molecule has 0 aliphatic heterocycles. The maximum Gasteiger partial charge on any atom is 0.573 e. The van der Waals surface area contributed by atoms with Crippen LogP contribution >= 0.6 is 0 Å². The zero-order valence-corrected chi connectivity index (χ0v) is 20.8. The van der Waals surface area contributed by atoms with Gasteiger partial charge in [-0.05, 0) is 84.0 Å². The van der Waals surface area contributed by atoms with E-state index in [0.29, 0.717) is 23.8 Å². The van der Waals surface area contributed by atoms with Gasteiger partial charge in [0.2, 0.25) is 0 Å². The maximum atomic E-state index is 15.2. The van der Waals surface area contributed by atoms with E-state index in [0.717, 1.165) is 54.6 Å². The molecule has 4 aromatic rings. The molecule has 0 spiro atoms. The van der Waals surface area contributed by atoms with Gasteiger partial charge in [0.05, 0.1) is 6.61 Å². The Hall–Kier alpha value is -3.54. The topological polar surface area (TPSA) is 18.5 Å². The molecule has 0 saturated carbocycles. The van der Waals surface area contributed by atoms with Gasteiger partial charge in [-0.2, -0.15) is 0 Å². The molecule has 2 nitrogen and oxygen atoms in total. The first-order valence-corrected chi connectivity index (χ1v) is 12.6. The van der Waals surface area contributed by atoms with E-state index in [1.165, 1.54) is 17.7 Å². The molecule has 0 unspecified atom stereocenters. The molecule has 0 heterocycles. The molecule has 0 bridgehead atoms. The maximum absolute atomic E-state index is 15.2. The van der Waals surface area contributed by atoms with E-state index in [2.05, 4.69) is 23.8 Å². The average molecular weight is 511 g/mol. The normalized spacial score (nSPS) is 11.6. The molecule has 0 aliphatic rings. The van der Waals surface area contributed by atoms with Gasteiger partial charge in [0, 0.05) is 5.39 Å². The SMILES string of the molecule is CCCCOc1ccc(CCc2ccc3c(F)c(CCc4ccc(OC(F)(F)F)cc4)ccc3c2)cc1. The number of hydrogen-bond donors (Lipinski definition) is 0. The van der Waals surface area contributed by atoms with Crippen LogP contribution in [0.1, 0.15) is 42.0 Å². The first-order valence-electron chi connectivity index (χ1n) is 12.6. The Bertz CT molecular complexity index is 1300. The summed E-state index contributed by atoms with van der Waals surface area (Å²) in [7, 11) is 0. The lowest BCUT2D eigenvalue weighted by molar-refractivity contribution is -0.274. The van der Waals surface area contributed by atoms with E-state index in [-0.39, 0.29) is 11.6 Å². The van der Waals surface area contributed by atoms with Crippen LogP contribution in [-0.2, 0) is 25.7 Å². The fraction of sp³-hybridized carbons (Fsp3) is 0.290. The van der Waals surface area contributed by atoms with E-state index in [1.807, 2.05) is 36.4 Å². The molecule has 4 rings (SSSR count). The number of aryl methyl sites for hydroxylation is 4. The van der Waals surface area contributed by atoms with Crippen molar-refractivity contribution < 1.29 is 27.0 Å². The van der Waals surface area contributed by atoms with E-state index in [1.54, 1.807) is 18.2 Å². The Morgan fingerprint density at radius 2 is 1.27 bits per heavy atom. The largest absolute Gasteiger partial charge is 0.573 e. The van der Waals surface area contributed by atoms with Gasteiger partial charge in [-0.3, -0.25) is 0 Å². The highest BCUT2D eigenvalue weighted by atomic mass is 19.4. The molecule has 0 radical (unpaired) electrons. The van der Waals surface area contributed by atoms with Crippen LogP contribution in [0.3, 0.4) is 0 Å². The lowest BCUT2D eigenvalue weighted by Crippen LogP contribution is -2.17. The van der Waals surface area contributed by atoms with E-state index < -0.39 is 6.36 Å². The first kappa shape index (κ1) is 26.5. The van der Waals surface area contributed by atoms with Gasteiger partial charge in [0.1, 0.15) is 17.3 Å². The highest BCUT2D eigenvalue weighted by molar-refractivity contribution is 5.84. The summed E-state index contributed by atoms with van der Waals surface area (Å²) in [6, 6.07) is 23.4. The van der Waals surface area contributed by atoms with Crippen LogP contribution in [0.25, 0.3) is 10.8 Å². The lowest BCUT2D eigenvalue weighted by atomic mass is 9.97. The van der Waals surface area contributed by atoms with Crippen LogP contribution in [0.4, 0.5) is 17.6 Å². The second kappa shape index (κ2) is 12.1. The van der Waals surface area contributed by atoms with Crippen LogP contribution in [0.5, 0.6) is 11.5 Å². The second-order valence-corrected chi connectivity index (χ2v) is 9.13. The van der Waals surface area contributed by atoms with Crippen LogP contribution in [-0.4, -0.2) is 13.0 Å². The molecule has 0 fully saturated rings. The molecule has 0 aliphatic carbocycles. The number of hydrogen-bond acceptors (Lipinski definition) is 2. The van der Waals surface area contributed by atoms with Crippen molar-refractivity contribution in [2.45, 2.75) is 51.8 Å². The van der Waals surface area contributed by atoms with Crippen LogP contribution in [0, 0.1) is 5.82 Å². The quantitative estimate of drug-likeness (QED) is 0.149. The predicted molar refractivity (Wildman–Crippen MR) is 139 cm³/mol. The third kappa shape index (κ3) is 7.72. The first-order chi connectivity index (χ1) is 17.8. The average Bonchev–Trinajstić information content (AvgIpc) is 2.88. The fourth-order valence-electron chi connectivity index (χ4n) is 4.25. The summed E-state index contributed by atoms with van der Waals surface area (Å²) in [6.45, 7) is 2.87. The third-order valence-corrected chi connectivity index (χ3v) is 6.33. The molecule has 0 saturated heterocycles. The highest BCUT2D eigenvalue weighted by Gasteiger charge is 2.30. The number of halogens is 4. The Kier molecular flexibility index (Phi) is 8.70. The van der Waals surface area contributed by atoms with Crippen molar-refractivity contribution in [1.82, 2.24) is 0 Å². The summed E-state index contributed by atoms with van der Waals surface area (Å²) in [5, 5.41) is 1.43. The lowest BCUT2D eigenvalue weighted by Gasteiger charge is -2.11. The van der Waals surface area contributed by atoms with Crippen molar-refractivity contribution >= 4 is 10.8 Å². The van der Waals surface area contributed by atoms with Crippen molar-refractivity contribution in [1.29, 1.82) is 0 Å². The van der Waals surface area contributed by atoms with Crippen molar-refractivity contribution in [2.75, 3.05) is 6.61 Å². The number of alkyl halides is 3. The summed E-state index contributed by atoms with van der Waals surface area (Å²) < 4.78 is 61.8. The molecule has 0 atom stereocenters. The monoisotopic (exact) mass is 510 g/mol. The fourth-order valence-corrected chi connectivity index (χ4v) is 4.25. The Morgan fingerprint density at radius 1 is 0.676 bits per heavy atom. The van der Waals surface area contributed by atoms with Gasteiger partial charge in [0.25, 0.3) is 0 Å². The number of unbranched alkanes of at least 4 members (excludes halogenated alkanes) is 1. The number of benzene rings is 4. The van der Waals surface area contributed by atoms with Crippen molar-refractivity contribution in [3.8, 4) is 11.5 Å². The van der Waals surface area contributed by atoms with Crippen LogP contribution in [0.2, 0.25) is 0 Å². The summed E-state index contributed by atoms with van der Waals surface area (Å²) in [4.78, 5) is 0. The van der Waals surface area contributed by atoms with E-state index in [4.69, 9.17) is 4.74 Å². The minimum absolute atomic E-state index is 0.250. The summed E-state index contributed by atoms with van der Waals surface area (Å²) in [5.74, 6) is 0.374. The molecule has 6 heteroatoms. The van der Waals surface area contributed by atoms with E-state index >= 15 is 4.39 Å². The van der Waals surface area contributed by atoms with Crippen molar-refractivity contribution in [3.63, 3.8) is 0 Å². The second-order valence-electron chi connectivity index (χ2n) is 9.13. The molecular weight excluding hydrogens is 480 g/mol. The van der Waals surface area contributed by atoms with Crippen LogP contribution < -0.4 is 9.47 Å². The minimum atomic E-state index is -4.72. The molecule has 4 aromatic carbocycles. The number of ether oxygens (including phenoxy) is 2. The van der Waals surface area contributed by atoms with Gasteiger partial charge in [0.15, 0.2) is 0 Å². The van der Waals surface area contributed by atoms with Crippen molar-refractivity contribution in [3.05, 3.63) is 107 Å². The molecule has 0 aromatic heterocycles. The summed E-state index contributed by atoms with van der Waals surface area (Å²) in [5.41, 5.74) is 3.76. The predicted octanol–water partition coefficient (Wildman–Crippen LogP) is 8.63. The van der Waals surface area contributed by atoms with Gasteiger partial charge in [-0.15, -0.1) is 13.2 Å². The van der Waals surface area contributed by atoms with Gasteiger partial charge < -0.3 is 9.47 Å². The number of rotatable bonds is 11. The molecular formula is C31H30F4O2. The van der Waals surface area contributed by atoms with Gasteiger partial charge in [-0.25, -0.2) is 4.39 Å². The smallest absolute Gasteiger partial charge is 0.494 e. The summed E-state index contributed by atoms with van der Waals surface area (Å²) in [6.07, 6.45) is 0.124. The highest BCUT2D eigenvalue weighted by Crippen LogP contribution is 2.26. The van der Waals surface area contributed by atoms with E-state index in [9.17, 15) is 13.2 Å². The Balaban J connectivity index is 1.35. The van der Waals surface area contributed by atoms with Crippen LogP contribution in [0.15, 0.2) is 78.9 Å². The molecule has 37 heavy (non-hydrogen) atoms. The zero-order chi connectivity index (χ0) is 26.3. The summed E-state index contributed by atoms with van der Waals surface area (Å²) >= 11 is 0. The zero-order valence-electron chi connectivity index (χ0n) is 20.8. The number of fused-ring (bicyclic) bond motifs is 1. The Labute approximate surface area is 214 Å². The Morgan fingerprint density at radius 3 is 1.92 bits per heavy atom. The van der Waals surface area contributed by atoms with Gasteiger partial charge >= 0.3 is 6.36 Å². The minimum Gasteiger partial charge on any atom is -0.494 e. The molecule has 194 valence electrons. The van der Waals surface area contributed by atoms with Crippen molar-refractivity contribution in [2.24, 2.45) is 0 Å². The molecule has 0 amide bonds.